The fourth-order valence-corrected chi connectivity index (χ4v) is 2.07. The molecule has 0 aromatic carbocycles. The van der Waals surface area contributed by atoms with Crippen LogP contribution in [0.25, 0.3) is 0 Å². The molecule has 20 heavy (non-hydrogen) atoms. The van der Waals surface area contributed by atoms with E-state index in [0.717, 1.165) is 37.7 Å². The third kappa shape index (κ3) is 4.31. The summed E-state index contributed by atoms with van der Waals surface area (Å²) >= 11 is 0. The maximum absolute atomic E-state index is 5.82. The van der Waals surface area contributed by atoms with E-state index in [1.165, 1.54) is 0 Å². The van der Waals surface area contributed by atoms with Crippen LogP contribution in [0.15, 0.2) is 6.07 Å². The van der Waals surface area contributed by atoms with Crippen molar-refractivity contribution in [1.82, 2.24) is 14.9 Å². The Morgan fingerprint density at radius 1 is 1.20 bits per heavy atom. The minimum atomic E-state index is -0.187. The van der Waals surface area contributed by atoms with E-state index in [2.05, 4.69) is 26.8 Å². The monoisotopic (exact) mass is 279 g/mol. The molecular weight excluding hydrogens is 254 g/mol. The van der Waals surface area contributed by atoms with Crippen molar-refractivity contribution in [3.63, 3.8) is 0 Å². The van der Waals surface area contributed by atoms with Gasteiger partial charge in [-0.2, -0.15) is 4.98 Å². The van der Waals surface area contributed by atoms with Crippen LogP contribution in [0.2, 0.25) is 0 Å². The molecule has 0 unspecified atom stereocenters. The number of ether oxygens (including phenoxy) is 1. The molecule has 6 heteroatoms. The highest BCUT2D eigenvalue weighted by Gasteiger charge is 2.17. The van der Waals surface area contributed by atoms with Crippen LogP contribution in [-0.4, -0.2) is 53.7 Å². The minimum Gasteiger partial charge on any atom is -0.370 e. The normalized spacial score (nSPS) is 17.5. The zero-order valence-electron chi connectivity index (χ0n) is 12.9. The second kappa shape index (κ2) is 5.93. The van der Waals surface area contributed by atoms with E-state index in [9.17, 15) is 0 Å². The first-order valence-electron chi connectivity index (χ1n) is 7.04. The molecule has 0 aliphatic carbocycles. The Bertz CT molecular complexity index is 449. The van der Waals surface area contributed by atoms with E-state index in [4.69, 9.17) is 10.5 Å². The largest absolute Gasteiger partial charge is 0.370 e. The fraction of sp³-hybridized carbons (Fsp3) is 0.714. The van der Waals surface area contributed by atoms with E-state index in [1.54, 1.807) is 0 Å². The number of nitrogen functional groups attached to an aromatic ring is 1. The second-order valence-corrected chi connectivity index (χ2v) is 6.27. The van der Waals surface area contributed by atoms with Crippen molar-refractivity contribution >= 4 is 11.8 Å². The summed E-state index contributed by atoms with van der Waals surface area (Å²) in [6.45, 7) is 10.5. The number of nitrogens with two attached hydrogens (primary N) is 1. The number of hydrogen-bond acceptors (Lipinski definition) is 6. The summed E-state index contributed by atoms with van der Waals surface area (Å²) in [4.78, 5) is 13.2. The molecule has 2 heterocycles. The zero-order chi connectivity index (χ0) is 14.8. The van der Waals surface area contributed by atoms with Crippen molar-refractivity contribution in [1.29, 1.82) is 0 Å². The van der Waals surface area contributed by atoms with Crippen LogP contribution in [0.3, 0.4) is 0 Å². The average molecular weight is 279 g/mol. The molecule has 1 aromatic rings. The number of anilines is 2. The van der Waals surface area contributed by atoms with E-state index < -0.39 is 0 Å². The summed E-state index contributed by atoms with van der Waals surface area (Å²) in [5.41, 5.74) is 6.47. The van der Waals surface area contributed by atoms with Gasteiger partial charge in [-0.3, -0.25) is 0 Å². The highest BCUT2D eigenvalue weighted by Crippen LogP contribution is 2.18. The van der Waals surface area contributed by atoms with E-state index >= 15 is 0 Å². The molecule has 0 atom stereocenters. The van der Waals surface area contributed by atoms with Crippen molar-refractivity contribution in [3.8, 4) is 0 Å². The number of aromatic nitrogens is 2. The van der Waals surface area contributed by atoms with Crippen LogP contribution in [0.5, 0.6) is 0 Å². The Labute approximate surface area is 120 Å². The molecule has 0 amide bonds. The Balaban J connectivity index is 2.08. The van der Waals surface area contributed by atoms with Gasteiger partial charge in [-0.1, -0.05) is 0 Å². The second-order valence-electron chi connectivity index (χ2n) is 6.27. The zero-order valence-corrected chi connectivity index (χ0v) is 12.9. The van der Waals surface area contributed by atoms with E-state index in [-0.39, 0.29) is 5.60 Å². The third-order valence-corrected chi connectivity index (χ3v) is 3.26. The Morgan fingerprint density at radius 3 is 2.45 bits per heavy atom. The molecule has 0 bridgehead atoms. The van der Waals surface area contributed by atoms with Crippen LogP contribution >= 0.6 is 0 Å². The van der Waals surface area contributed by atoms with Gasteiger partial charge in [-0.05, 0) is 27.8 Å². The lowest BCUT2D eigenvalue weighted by molar-refractivity contribution is -0.0164. The van der Waals surface area contributed by atoms with Gasteiger partial charge < -0.3 is 20.3 Å². The van der Waals surface area contributed by atoms with Crippen LogP contribution in [0.1, 0.15) is 26.5 Å². The molecule has 1 aromatic heterocycles. The highest BCUT2D eigenvalue weighted by atomic mass is 16.5. The van der Waals surface area contributed by atoms with Crippen LogP contribution in [-0.2, 0) is 11.3 Å². The summed E-state index contributed by atoms with van der Waals surface area (Å²) in [6.07, 6.45) is 0. The molecule has 0 radical (unpaired) electrons. The van der Waals surface area contributed by atoms with Gasteiger partial charge in [0.05, 0.1) is 17.9 Å². The third-order valence-electron chi connectivity index (χ3n) is 3.26. The van der Waals surface area contributed by atoms with Crippen molar-refractivity contribution in [2.24, 2.45) is 0 Å². The molecular formula is C14H25N5O. The first-order chi connectivity index (χ1) is 9.33. The molecule has 1 fully saturated rings. The van der Waals surface area contributed by atoms with Gasteiger partial charge in [0.2, 0.25) is 5.95 Å². The maximum atomic E-state index is 5.82. The first-order valence-corrected chi connectivity index (χ1v) is 7.04. The molecule has 0 saturated carbocycles. The summed E-state index contributed by atoms with van der Waals surface area (Å²) in [6, 6.07) is 1.98. The SMILES string of the molecule is CN1CCN(c2cc(COC(C)(C)C)nc(N)n2)CC1. The predicted molar refractivity (Wildman–Crippen MR) is 80.7 cm³/mol. The lowest BCUT2D eigenvalue weighted by atomic mass is 10.2. The van der Waals surface area contributed by atoms with Crippen molar-refractivity contribution in [2.45, 2.75) is 33.0 Å². The molecule has 1 saturated heterocycles. The summed E-state index contributed by atoms with van der Waals surface area (Å²) < 4.78 is 5.76. The fourth-order valence-electron chi connectivity index (χ4n) is 2.07. The first kappa shape index (κ1) is 15.0. The summed E-state index contributed by atoms with van der Waals surface area (Å²) in [7, 11) is 2.13. The van der Waals surface area contributed by atoms with Crippen molar-refractivity contribution in [2.75, 3.05) is 43.9 Å². The molecule has 2 rings (SSSR count). The van der Waals surface area contributed by atoms with Gasteiger partial charge in [0.25, 0.3) is 0 Å². The quantitative estimate of drug-likeness (QED) is 0.894. The van der Waals surface area contributed by atoms with Crippen LogP contribution < -0.4 is 10.6 Å². The van der Waals surface area contributed by atoms with Gasteiger partial charge in [0.15, 0.2) is 0 Å². The minimum absolute atomic E-state index is 0.187. The standard InChI is InChI=1S/C14H25N5O/c1-14(2,3)20-10-11-9-12(17-13(15)16-11)19-7-5-18(4)6-8-19/h9H,5-8,10H2,1-4H3,(H2,15,16,17). The average Bonchev–Trinajstić information content (AvgIpc) is 2.36. The molecule has 6 nitrogen and oxygen atoms in total. The van der Waals surface area contributed by atoms with Gasteiger partial charge in [0, 0.05) is 32.2 Å². The van der Waals surface area contributed by atoms with Gasteiger partial charge >= 0.3 is 0 Å². The topological polar surface area (TPSA) is 67.5 Å². The number of piperazine rings is 1. The van der Waals surface area contributed by atoms with Crippen LogP contribution in [0.4, 0.5) is 11.8 Å². The Kier molecular flexibility index (Phi) is 4.45. The van der Waals surface area contributed by atoms with Gasteiger partial charge in [-0.15, -0.1) is 0 Å². The molecule has 1 aliphatic heterocycles. The number of likely N-dealkylation sites (N-methyl/N-ethyl adjacent to an activating group) is 1. The maximum Gasteiger partial charge on any atom is 0.222 e. The van der Waals surface area contributed by atoms with Crippen molar-refractivity contribution < 1.29 is 4.74 Å². The highest BCUT2D eigenvalue weighted by molar-refractivity contribution is 5.43. The number of rotatable bonds is 3. The molecule has 0 spiro atoms. The number of hydrogen-bond donors (Lipinski definition) is 1. The summed E-state index contributed by atoms with van der Waals surface area (Å²) in [5.74, 6) is 1.21. The van der Waals surface area contributed by atoms with Gasteiger partial charge in [-0.25, -0.2) is 4.98 Å². The van der Waals surface area contributed by atoms with Crippen molar-refractivity contribution in [3.05, 3.63) is 11.8 Å². The summed E-state index contributed by atoms with van der Waals surface area (Å²) in [5, 5.41) is 0. The smallest absolute Gasteiger partial charge is 0.222 e. The van der Waals surface area contributed by atoms with E-state index in [1.807, 2.05) is 26.8 Å². The predicted octanol–water partition coefficient (Wildman–Crippen LogP) is 1.13. The van der Waals surface area contributed by atoms with E-state index in [0.29, 0.717) is 12.6 Å². The Morgan fingerprint density at radius 2 is 1.85 bits per heavy atom. The number of nitrogens with zero attached hydrogens (tertiary/aromatic N) is 4. The molecule has 1 aliphatic rings. The molecule has 2 N–H and O–H groups in total. The Hall–Kier alpha value is -1.40. The molecule has 112 valence electrons. The lowest BCUT2D eigenvalue weighted by Crippen LogP contribution is -2.45. The lowest BCUT2D eigenvalue weighted by Gasteiger charge is -2.33. The van der Waals surface area contributed by atoms with Gasteiger partial charge in [0.1, 0.15) is 5.82 Å². The van der Waals surface area contributed by atoms with Crippen LogP contribution in [0, 0.1) is 0 Å².